The maximum Gasteiger partial charge on any atom is 0.410 e. The number of carbonyl (C=O) groups is 3. The number of halogens is 1. The molecule has 0 N–H and O–H groups in total. The Bertz CT molecular complexity index is 525. The Labute approximate surface area is 193 Å². The van der Waals surface area contributed by atoms with Crippen LogP contribution >= 0.6 is 0 Å². The van der Waals surface area contributed by atoms with Gasteiger partial charge >= 0.3 is 12.2 Å². The number of hydrogen-bond donors (Lipinski definition) is 0. The normalized spacial score (nSPS) is 16.5. The van der Waals surface area contributed by atoms with Crippen LogP contribution in [0.4, 0.5) is 9.59 Å². The average molecular weight is 465 g/mol. The Morgan fingerprint density at radius 1 is 0.677 bits per heavy atom. The summed E-state index contributed by atoms with van der Waals surface area (Å²) in [7, 11) is 5.86. The SMILES string of the molecule is CC(C)(C)OC(=O)N1CCN(C(=O)C[N+](C)(C)C)CCN(C(=O)OC(C)(C)C)CC1.[Cl-]. The first kappa shape index (κ1) is 29.3. The summed E-state index contributed by atoms with van der Waals surface area (Å²) in [6.45, 7) is 13.3. The molecule has 0 bridgehead atoms. The molecule has 1 saturated heterocycles. The van der Waals surface area contributed by atoms with Crippen molar-refractivity contribution in [3.63, 3.8) is 0 Å². The van der Waals surface area contributed by atoms with Crippen molar-refractivity contribution in [3.8, 4) is 0 Å². The Balaban J connectivity index is 0.00000900. The van der Waals surface area contributed by atoms with Crippen molar-refractivity contribution < 1.29 is 40.7 Å². The number of rotatable bonds is 2. The van der Waals surface area contributed by atoms with Crippen LogP contribution < -0.4 is 12.4 Å². The molecule has 1 rings (SSSR count). The van der Waals surface area contributed by atoms with Gasteiger partial charge in [0.15, 0.2) is 6.54 Å². The minimum Gasteiger partial charge on any atom is -1.00 e. The molecule has 10 heteroatoms. The van der Waals surface area contributed by atoms with E-state index < -0.39 is 23.4 Å². The van der Waals surface area contributed by atoms with Gasteiger partial charge < -0.3 is 41.1 Å². The van der Waals surface area contributed by atoms with E-state index in [0.717, 1.165) is 0 Å². The monoisotopic (exact) mass is 464 g/mol. The van der Waals surface area contributed by atoms with Gasteiger partial charge in [-0.25, -0.2) is 9.59 Å². The van der Waals surface area contributed by atoms with Crippen molar-refractivity contribution in [1.29, 1.82) is 0 Å². The molecule has 31 heavy (non-hydrogen) atoms. The molecule has 9 nitrogen and oxygen atoms in total. The van der Waals surface area contributed by atoms with E-state index >= 15 is 0 Å². The highest BCUT2D eigenvalue weighted by atomic mass is 35.5. The summed E-state index contributed by atoms with van der Waals surface area (Å²) in [6.07, 6.45) is -0.903. The third kappa shape index (κ3) is 12.0. The van der Waals surface area contributed by atoms with E-state index in [2.05, 4.69) is 0 Å². The molecule has 0 aromatic heterocycles. The number of hydrogen-bond acceptors (Lipinski definition) is 5. The molecule has 3 amide bonds. The summed E-state index contributed by atoms with van der Waals surface area (Å²) in [4.78, 5) is 43.0. The molecule has 0 aromatic rings. The van der Waals surface area contributed by atoms with Gasteiger partial charge in [0.25, 0.3) is 5.91 Å². The van der Waals surface area contributed by atoms with Crippen LogP contribution in [-0.4, -0.2) is 115 Å². The molecular formula is C21H41ClN4O5. The van der Waals surface area contributed by atoms with Crippen molar-refractivity contribution in [3.05, 3.63) is 0 Å². The van der Waals surface area contributed by atoms with Gasteiger partial charge in [0.2, 0.25) is 0 Å². The van der Waals surface area contributed by atoms with Crippen LogP contribution in [0.1, 0.15) is 41.5 Å². The molecule has 0 atom stereocenters. The van der Waals surface area contributed by atoms with E-state index in [4.69, 9.17) is 9.47 Å². The van der Waals surface area contributed by atoms with Gasteiger partial charge in [-0.3, -0.25) is 4.79 Å². The molecule has 1 aliphatic rings. The summed E-state index contributed by atoms with van der Waals surface area (Å²) < 4.78 is 11.5. The lowest BCUT2D eigenvalue weighted by atomic mass is 10.2. The molecule has 0 saturated carbocycles. The molecule has 0 unspecified atom stereocenters. The van der Waals surface area contributed by atoms with Gasteiger partial charge in [0.05, 0.1) is 21.1 Å². The second-order valence-electron chi connectivity index (χ2n) is 10.8. The Morgan fingerprint density at radius 2 is 0.968 bits per heavy atom. The lowest BCUT2D eigenvalue weighted by Crippen LogP contribution is -3.00. The fourth-order valence-electron chi connectivity index (χ4n) is 2.83. The fraction of sp³-hybridized carbons (Fsp3) is 0.857. The molecular weight excluding hydrogens is 424 g/mol. The summed E-state index contributed by atoms with van der Waals surface area (Å²) in [5.41, 5.74) is -1.25. The van der Waals surface area contributed by atoms with Crippen molar-refractivity contribution in [1.82, 2.24) is 14.7 Å². The van der Waals surface area contributed by atoms with Gasteiger partial charge in [0, 0.05) is 39.3 Å². The van der Waals surface area contributed by atoms with Crippen molar-refractivity contribution >= 4 is 18.1 Å². The third-order valence-corrected chi connectivity index (χ3v) is 4.19. The minimum atomic E-state index is -0.625. The topological polar surface area (TPSA) is 79.4 Å². The minimum absolute atomic E-state index is 0. The van der Waals surface area contributed by atoms with Crippen LogP contribution in [0.5, 0.6) is 0 Å². The predicted octanol–water partition coefficient (Wildman–Crippen LogP) is -0.987. The fourth-order valence-corrected chi connectivity index (χ4v) is 2.83. The van der Waals surface area contributed by atoms with E-state index in [0.29, 0.717) is 50.3 Å². The molecule has 1 heterocycles. The highest BCUT2D eigenvalue weighted by Gasteiger charge is 2.30. The smallest absolute Gasteiger partial charge is 0.410 e. The molecule has 0 aliphatic carbocycles. The lowest BCUT2D eigenvalue weighted by molar-refractivity contribution is -0.862. The zero-order valence-corrected chi connectivity index (χ0v) is 21.4. The Hall–Kier alpha value is -1.74. The van der Waals surface area contributed by atoms with E-state index in [1.807, 2.05) is 62.7 Å². The number of ether oxygens (including phenoxy) is 2. The van der Waals surface area contributed by atoms with Crippen molar-refractivity contribution in [2.75, 3.05) is 67.0 Å². The van der Waals surface area contributed by atoms with E-state index in [-0.39, 0.29) is 18.3 Å². The van der Waals surface area contributed by atoms with Gasteiger partial charge in [-0.05, 0) is 41.5 Å². The maximum atomic E-state index is 12.8. The first-order valence-corrected chi connectivity index (χ1v) is 10.5. The highest BCUT2D eigenvalue weighted by Crippen LogP contribution is 2.14. The predicted molar refractivity (Wildman–Crippen MR) is 115 cm³/mol. The van der Waals surface area contributed by atoms with Crippen LogP contribution in [0.2, 0.25) is 0 Å². The van der Waals surface area contributed by atoms with Crippen molar-refractivity contribution in [2.24, 2.45) is 0 Å². The first-order valence-electron chi connectivity index (χ1n) is 10.5. The first-order chi connectivity index (χ1) is 13.5. The van der Waals surface area contributed by atoms with E-state index in [1.54, 1.807) is 14.7 Å². The molecule has 0 radical (unpaired) electrons. The Morgan fingerprint density at radius 3 is 1.23 bits per heavy atom. The highest BCUT2D eigenvalue weighted by molar-refractivity contribution is 5.77. The summed E-state index contributed by atoms with van der Waals surface area (Å²) in [5.74, 6) is -0.0160. The summed E-state index contributed by atoms with van der Waals surface area (Å²) >= 11 is 0. The van der Waals surface area contributed by atoms with Crippen LogP contribution in [-0.2, 0) is 14.3 Å². The standard InChI is InChI=1S/C21H41N4O5.ClH/c1-20(2,3)29-18(27)23-12-10-22(17(26)16-25(7,8)9)11-13-24(15-14-23)19(28)30-21(4,5)6;/h10-16H2,1-9H3;1H/q+1;/p-1. The van der Waals surface area contributed by atoms with Crippen molar-refractivity contribution in [2.45, 2.75) is 52.7 Å². The molecule has 0 aromatic carbocycles. The lowest BCUT2D eigenvalue weighted by Gasteiger charge is -2.30. The van der Waals surface area contributed by atoms with E-state index in [9.17, 15) is 14.4 Å². The van der Waals surface area contributed by atoms with E-state index in [1.165, 1.54) is 0 Å². The van der Waals surface area contributed by atoms with Crippen LogP contribution in [0.3, 0.4) is 0 Å². The van der Waals surface area contributed by atoms with Crippen LogP contribution in [0, 0.1) is 0 Å². The largest absolute Gasteiger partial charge is 1.00 e. The zero-order chi connectivity index (χ0) is 23.3. The summed E-state index contributed by atoms with van der Waals surface area (Å²) in [6, 6.07) is 0. The van der Waals surface area contributed by atoms with Gasteiger partial charge in [-0.1, -0.05) is 0 Å². The zero-order valence-electron chi connectivity index (χ0n) is 20.7. The molecule has 0 spiro atoms. The molecule has 182 valence electrons. The number of likely N-dealkylation sites (N-methyl/N-ethyl adjacent to an activating group) is 1. The second-order valence-corrected chi connectivity index (χ2v) is 10.8. The number of nitrogens with zero attached hydrogens (tertiary/aromatic N) is 4. The van der Waals surface area contributed by atoms with Gasteiger partial charge in [-0.15, -0.1) is 0 Å². The van der Waals surface area contributed by atoms with Gasteiger partial charge in [0.1, 0.15) is 11.2 Å². The quantitative estimate of drug-likeness (QED) is 0.490. The van der Waals surface area contributed by atoms with Gasteiger partial charge in [-0.2, -0.15) is 0 Å². The number of quaternary nitrogens is 1. The van der Waals surface area contributed by atoms with Crippen LogP contribution in [0.25, 0.3) is 0 Å². The second kappa shape index (κ2) is 11.2. The molecule has 1 fully saturated rings. The third-order valence-electron chi connectivity index (χ3n) is 4.19. The Kier molecular flexibility index (Phi) is 10.6. The molecule has 1 aliphatic heterocycles. The van der Waals surface area contributed by atoms with Crippen LogP contribution in [0.15, 0.2) is 0 Å². The number of carbonyl (C=O) groups excluding carboxylic acids is 3. The average Bonchev–Trinajstić information content (AvgIpc) is 2.59. The summed E-state index contributed by atoms with van der Waals surface area (Å²) in [5, 5.41) is 0. The number of amides is 3. The maximum absolute atomic E-state index is 12.8.